The van der Waals surface area contributed by atoms with Crippen LogP contribution in [0, 0.1) is 0 Å². The van der Waals surface area contributed by atoms with E-state index in [1.807, 2.05) is 72.8 Å². The number of carbonyl (C=O) groups is 1. The number of nitrogens with zero attached hydrogens (tertiary/aromatic N) is 2. The van der Waals surface area contributed by atoms with Crippen molar-refractivity contribution in [2.24, 2.45) is 0 Å². The van der Waals surface area contributed by atoms with Gasteiger partial charge in [0.2, 0.25) is 5.95 Å². The number of benzene rings is 2. The predicted octanol–water partition coefficient (Wildman–Crippen LogP) is 4.30. The number of hydrogen-bond acceptors (Lipinski definition) is 3. The highest BCUT2D eigenvalue weighted by atomic mass is 16.1. The zero-order chi connectivity index (χ0) is 17.3. The number of aromatic nitrogens is 2. The second-order valence-electron chi connectivity index (χ2n) is 5.32. The molecule has 0 radical (unpaired) electrons. The molecule has 0 fully saturated rings. The molecule has 1 aromatic heterocycles. The van der Waals surface area contributed by atoms with Crippen molar-refractivity contribution in [3.63, 3.8) is 0 Å². The van der Waals surface area contributed by atoms with E-state index in [0.717, 1.165) is 16.7 Å². The molecule has 0 unspecified atom stereocenters. The van der Waals surface area contributed by atoms with Gasteiger partial charge >= 0.3 is 0 Å². The molecule has 3 aromatic rings. The van der Waals surface area contributed by atoms with Crippen LogP contribution < -0.4 is 5.32 Å². The highest BCUT2D eigenvalue weighted by Gasteiger charge is 2.00. The van der Waals surface area contributed by atoms with E-state index in [0.29, 0.717) is 0 Å². The van der Waals surface area contributed by atoms with E-state index in [-0.39, 0.29) is 11.9 Å². The van der Waals surface area contributed by atoms with Gasteiger partial charge in [0, 0.05) is 24.0 Å². The average molecular weight is 327 g/mol. The molecule has 0 aliphatic carbocycles. The fourth-order valence-corrected chi connectivity index (χ4v) is 2.13. The smallest absolute Gasteiger partial charge is 0.250 e. The van der Waals surface area contributed by atoms with Crippen LogP contribution in [0.5, 0.6) is 0 Å². The van der Waals surface area contributed by atoms with E-state index in [9.17, 15) is 4.79 Å². The van der Waals surface area contributed by atoms with Crippen molar-refractivity contribution in [1.82, 2.24) is 9.97 Å². The zero-order valence-corrected chi connectivity index (χ0v) is 13.5. The molecule has 0 spiro atoms. The van der Waals surface area contributed by atoms with E-state index >= 15 is 0 Å². The Morgan fingerprint density at radius 1 is 0.720 bits per heavy atom. The van der Waals surface area contributed by atoms with Gasteiger partial charge < -0.3 is 0 Å². The molecule has 4 nitrogen and oxygen atoms in total. The summed E-state index contributed by atoms with van der Waals surface area (Å²) >= 11 is 0. The number of anilines is 1. The Kier molecular flexibility index (Phi) is 5.46. The van der Waals surface area contributed by atoms with Crippen molar-refractivity contribution in [1.29, 1.82) is 0 Å². The van der Waals surface area contributed by atoms with Crippen LogP contribution in [-0.4, -0.2) is 15.9 Å². The molecule has 0 saturated heterocycles. The van der Waals surface area contributed by atoms with Crippen LogP contribution in [0.1, 0.15) is 16.7 Å². The summed E-state index contributed by atoms with van der Waals surface area (Å²) in [6.45, 7) is 0. The maximum absolute atomic E-state index is 11.9. The number of rotatable bonds is 5. The lowest BCUT2D eigenvalue weighted by molar-refractivity contribution is -0.111. The highest BCUT2D eigenvalue weighted by molar-refractivity contribution is 6.00. The van der Waals surface area contributed by atoms with Gasteiger partial charge in [0.1, 0.15) is 0 Å². The number of nitrogens with one attached hydrogen (secondary N) is 1. The van der Waals surface area contributed by atoms with E-state index < -0.39 is 0 Å². The molecule has 0 aliphatic rings. The molecule has 122 valence electrons. The van der Waals surface area contributed by atoms with Gasteiger partial charge in [0.05, 0.1) is 0 Å². The molecule has 4 heteroatoms. The summed E-state index contributed by atoms with van der Waals surface area (Å²) in [6.07, 6.45) is 10.5. The highest BCUT2D eigenvalue weighted by Crippen LogP contribution is 2.08. The summed E-state index contributed by atoms with van der Waals surface area (Å²) in [5.41, 5.74) is 2.92. The summed E-state index contributed by atoms with van der Waals surface area (Å²) in [5.74, 6) is 0.0102. The summed E-state index contributed by atoms with van der Waals surface area (Å²) in [4.78, 5) is 20.2. The van der Waals surface area contributed by atoms with Crippen molar-refractivity contribution in [2.75, 3.05) is 5.32 Å². The van der Waals surface area contributed by atoms with Crippen molar-refractivity contribution in [2.45, 2.75) is 0 Å². The van der Waals surface area contributed by atoms with E-state index in [2.05, 4.69) is 15.3 Å². The van der Waals surface area contributed by atoms with Crippen LogP contribution in [0.2, 0.25) is 0 Å². The van der Waals surface area contributed by atoms with Crippen LogP contribution >= 0.6 is 0 Å². The third kappa shape index (κ3) is 5.25. The van der Waals surface area contributed by atoms with Gasteiger partial charge in [-0.25, -0.2) is 9.97 Å². The Labute approximate surface area is 146 Å². The molecule has 0 bridgehead atoms. The molecule has 0 atom stereocenters. The third-order valence-electron chi connectivity index (χ3n) is 3.40. The van der Waals surface area contributed by atoms with Crippen LogP contribution in [0.3, 0.4) is 0 Å². The summed E-state index contributed by atoms with van der Waals surface area (Å²) in [6, 6.07) is 19.6. The Balaban J connectivity index is 1.58. The summed E-state index contributed by atoms with van der Waals surface area (Å²) in [7, 11) is 0. The van der Waals surface area contributed by atoms with E-state index in [4.69, 9.17) is 0 Å². The average Bonchev–Trinajstić information content (AvgIpc) is 2.67. The molecule has 3 rings (SSSR count). The van der Waals surface area contributed by atoms with Crippen LogP contribution in [-0.2, 0) is 4.79 Å². The number of amides is 1. The molecular formula is C21H17N3O. The zero-order valence-electron chi connectivity index (χ0n) is 13.5. The Morgan fingerprint density at radius 2 is 1.24 bits per heavy atom. The van der Waals surface area contributed by atoms with Gasteiger partial charge in [-0.3, -0.25) is 10.1 Å². The quantitative estimate of drug-likeness (QED) is 0.711. The van der Waals surface area contributed by atoms with Gasteiger partial charge in [-0.2, -0.15) is 0 Å². The standard InChI is InChI=1S/C21H17N3O/c25-20(14-13-18-9-5-2-6-10-18)24-21-22-15-19(16-23-21)12-11-17-7-3-1-4-8-17/h1-16H,(H,22,23,24,25). The lowest BCUT2D eigenvalue weighted by Gasteiger charge is -2.00. The van der Waals surface area contributed by atoms with Gasteiger partial charge in [-0.05, 0) is 17.2 Å². The topological polar surface area (TPSA) is 54.9 Å². The number of carbonyl (C=O) groups excluding carboxylic acids is 1. The van der Waals surface area contributed by atoms with Crippen molar-refractivity contribution >= 4 is 30.1 Å². The predicted molar refractivity (Wildman–Crippen MR) is 102 cm³/mol. The van der Waals surface area contributed by atoms with E-state index in [1.54, 1.807) is 18.5 Å². The maximum atomic E-state index is 11.9. The molecule has 1 heterocycles. The summed E-state index contributed by atoms with van der Waals surface area (Å²) < 4.78 is 0. The maximum Gasteiger partial charge on any atom is 0.250 e. The lowest BCUT2D eigenvalue weighted by atomic mass is 10.2. The van der Waals surface area contributed by atoms with Crippen molar-refractivity contribution in [3.05, 3.63) is 95.8 Å². The van der Waals surface area contributed by atoms with Gasteiger partial charge in [-0.15, -0.1) is 0 Å². The molecular weight excluding hydrogens is 310 g/mol. The molecule has 1 amide bonds. The van der Waals surface area contributed by atoms with Gasteiger partial charge in [-0.1, -0.05) is 72.8 Å². The fourth-order valence-electron chi connectivity index (χ4n) is 2.13. The second kappa shape index (κ2) is 8.36. The first-order chi connectivity index (χ1) is 12.3. The largest absolute Gasteiger partial charge is 0.291 e. The Hall–Kier alpha value is -3.53. The normalized spacial score (nSPS) is 11.0. The second-order valence-corrected chi connectivity index (χ2v) is 5.32. The first kappa shape index (κ1) is 16.3. The molecule has 0 aliphatic heterocycles. The first-order valence-corrected chi connectivity index (χ1v) is 7.89. The van der Waals surface area contributed by atoms with Crippen LogP contribution in [0.15, 0.2) is 79.1 Å². The minimum Gasteiger partial charge on any atom is -0.291 e. The molecule has 1 N–H and O–H groups in total. The molecule has 0 saturated carbocycles. The van der Waals surface area contributed by atoms with E-state index in [1.165, 1.54) is 6.08 Å². The minimum atomic E-state index is -0.267. The first-order valence-electron chi connectivity index (χ1n) is 7.89. The molecule has 2 aromatic carbocycles. The van der Waals surface area contributed by atoms with Crippen molar-refractivity contribution in [3.8, 4) is 0 Å². The fraction of sp³-hybridized carbons (Fsp3) is 0. The third-order valence-corrected chi connectivity index (χ3v) is 3.40. The SMILES string of the molecule is O=C(C=Cc1ccccc1)Nc1ncc(C=Cc2ccccc2)cn1. The Bertz CT molecular complexity index is 870. The van der Waals surface area contributed by atoms with Crippen LogP contribution in [0.4, 0.5) is 5.95 Å². The minimum absolute atomic E-state index is 0.267. The lowest BCUT2D eigenvalue weighted by Crippen LogP contribution is -2.10. The van der Waals surface area contributed by atoms with Gasteiger partial charge in [0.15, 0.2) is 0 Å². The summed E-state index contributed by atoms with van der Waals surface area (Å²) in [5, 5.41) is 2.64. The van der Waals surface area contributed by atoms with Crippen LogP contribution in [0.25, 0.3) is 18.2 Å². The Morgan fingerprint density at radius 3 is 1.84 bits per heavy atom. The van der Waals surface area contributed by atoms with Crippen molar-refractivity contribution < 1.29 is 4.79 Å². The molecule has 25 heavy (non-hydrogen) atoms. The van der Waals surface area contributed by atoms with Gasteiger partial charge in [0.25, 0.3) is 5.91 Å². The number of hydrogen-bond donors (Lipinski definition) is 1. The monoisotopic (exact) mass is 327 g/mol.